The van der Waals surface area contributed by atoms with Gasteiger partial charge < -0.3 is 5.48 Å². The van der Waals surface area contributed by atoms with Gasteiger partial charge in [0, 0.05) is 25.2 Å². The van der Waals surface area contributed by atoms with Crippen LogP contribution in [-0.2, 0) is 0 Å². The van der Waals surface area contributed by atoms with Crippen LogP contribution >= 0.6 is 24.8 Å². The molecule has 0 aromatic carbocycles. The first kappa shape index (κ1) is 36.4. The number of rotatable bonds is 8. The van der Waals surface area contributed by atoms with Crippen LogP contribution in [0, 0.1) is 107 Å². The molecule has 49 heavy (non-hydrogen) atoms. The summed E-state index contributed by atoms with van der Waals surface area (Å²) in [6.07, 6.45) is 31.1. The molecule has 5 nitrogen and oxygen atoms in total. The first-order chi connectivity index (χ1) is 22.6. The predicted octanol–water partition coefficient (Wildman–Crippen LogP) is 7.97. The zero-order chi connectivity index (χ0) is 29.9. The van der Waals surface area contributed by atoms with Crippen LogP contribution in [-0.4, -0.2) is 30.6 Å². The molecule has 0 saturated heterocycles. The van der Waals surface area contributed by atoms with Gasteiger partial charge in [0.2, 0.25) is 0 Å². The molecule has 0 amide bonds. The van der Waals surface area contributed by atoms with Gasteiger partial charge in [-0.2, -0.15) is 0 Å². The molecule has 0 atom stereocenters. The first-order valence-corrected chi connectivity index (χ1v) is 21.6. The summed E-state index contributed by atoms with van der Waals surface area (Å²) in [5, 5.41) is 0. The Bertz CT molecular complexity index is 854. The molecule has 0 unspecified atom stereocenters. The number of nitrogens with one attached hydrogen (secondary N) is 4. The third kappa shape index (κ3) is 6.73. The van der Waals surface area contributed by atoms with Crippen molar-refractivity contribution in [3.8, 4) is 0 Å². The molecule has 16 aliphatic rings. The summed E-state index contributed by atoms with van der Waals surface area (Å²) in [5.41, 5.74) is 15.3. The van der Waals surface area contributed by atoms with Crippen LogP contribution in [0.15, 0.2) is 0 Å². The Kier molecular flexibility index (Phi) is 10.8. The first-order valence-electron chi connectivity index (χ1n) is 21.6. The second kappa shape index (κ2) is 14.6. The van der Waals surface area contributed by atoms with Crippen LogP contribution in [0.3, 0.4) is 0 Å². The zero-order valence-corrected chi connectivity index (χ0v) is 32.1. The summed E-state index contributed by atoms with van der Waals surface area (Å²) in [6.45, 7) is 2.52. The van der Waals surface area contributed by atoms with E-state index in [2.05, 4.69) is 21.7 Å². The fraction of sp³-hybridized carbons (Fsp3) is 1.00. The Morgan fingerprint density at radius 2 is 0.490 bits per heavy atom. The molecule has 16 aliphatic carbocycles. The smallest absolute Gasteiger partial charge is 0.0269 e. The molecule has 16 saturated carbocycles. The SMILES string of the molecule is C1C2CC3CC1CC(C2)C3CNNC1C2CC3CC(C2)CC1C3.C1C2CC3CC1CC(C2)C3CNNC1C2CC3CC(C2)CC1C3.Cl.Cl.O. The lowest BCUT2D eigenvalue weighted by Crippen LogP contribution is -2.59. The predicted molar refractivity (Wildman–Crippen MR) is 203 cm³/mol. The van der Waals surface area contributed by atoms with Crippen molar-refractivity contribution >= 4 is 24.8 Å². The van der Waals surface area contributed by atoms with E-state index in [1.54, 1.807) is 77.0 Å². The molecule has 16 rings (SSSR count). The lowest BCUT2D eigenvalue weighted by molar-refractivity contribution is -0.0438. The molecule has 0 heterocycles. The molecule has 0 spiro atoms. The van der Waals surface area contributed by atoms with Gasteiger partial charge in [-0.1, -0.05) is 0 Å². The van der Waals surface area contributed by atoms with Crippen LogP contribution in [0.1, 0.15) is 128 Å². The molecule has 0 aromatic rings. The third-order valence-corrected chi connectivity index (χ3v) is 18.5. The van der Waals surface area contributed by atoms with Gasteiger partial charge in [0.25, 0.3) is 0 Å². The van der Waals surface area contributed by atoms with E-state index in [1.807, 2.05) is 0 Å². The number of hydrazine groups is 2. The van der Waals surface area contributed by atoms with Gasteiger partial charge in [0.15, 0.2) is 0 Å². The molecule has 0 aliphatic heterocycles. The van der Waals surface area contributed by atoms with Gasteiger partial charge in [-0.25, -0.2) is 0 Å². The van der Waals surface area contributed by atoms with Gasteiger partial charge in [0.05, 0.1) is 0 Å². The minimum atomic E-state index is 0. The molecular weight excluding hydrogens is 647 g/mol. The topological polar surface area (TPSA) is 79.6 Å². The average Bonchev–Trinajstić information content (AvgIpc) is 3.01. The standard InChI is InChI=1S/2C21H34N2.2ClH.H2O/c2*1-12-3-16-5-13(1)6-17(4-12)20(16)11-22-23-21-18-7-14-2-15(9-18)10-19(21)8-14;;;/h2*12-23H,1-11H2;2*1H;1H2. The molecular formula is C42H72Cl2N4O. The lowest BCUT2D eigenvalue weighted by Gasteiger charge is -2.56. The van der Waals surface area contributed by atoms with E-state index in [9.17, 15) is 0 Å². The molecule has 0 radical (unpaired) electrons. The highest BCUT2D eigenvalue weighted by Gasteiger charge is 2.52. The monoisotopic (exact) mass is 719 g/mol. The fourth-order valence-electron chi connectivity index (χ4n) is 17.7. The largest absolute Gasteiger partial charge is 0.412 e. The summed E-state index contributed by atoms with van der Waals surface area (Å²) in [7, 11) is 0. The van der Waals surface area contributed by atoms with Crippen LogP contribution in [0.25, 0.3) is 0 Å². The van der Waals surface area contributed by atoms with E-state index in [0.717, 1.165) is 119 Å². The van der Waals surface area contributed by atoms with Crippen LogP contribution in [0.2, 0.25) is 0 Å². The van der Waals surface area contributed by atoms with Crippen molar-refractivity contribution < 1.29 is 5.48 Å². The third-order valence-electron chi connectivity index (χ3n) is 18.5. The lowest BCUT2D eigenvalue weighted by atomic mass is 9.52. The average molecular weight is 720 g/mol. The summed E-state index contributed by atoms with van der Waals surface area (Å²) in [6, 6.07) is 1.61. The van der Waals surface area contributed by atoms with Crippen LogP contribution in [0.4, 0.5) is 0 Å². The summed E-state index contributed by atoms with van der Waals surface area (Å²) < 4.78 is 0. The second-order valence-electron chi connectivity index (χ2n) is 21.2. The Morgan fingerprint density at radius 1 is 0.286 bits per heavy atom. The highest BCUT2D eigenvalue weighted by Crippen LogP contribution is 2.58. The second-order valence-corrected chi connectivity index (χ2v) is 21.2. The van der Waals surface area contributed by atoms with Crippen molar-refractivity contribution in [1.29, 1.82) is 0 Å². The van der Waals surface area contributed by atoms with Gasteiger partial charge in [-0.05, 0) is 235 Å². The Balaban J connectivity index is 0.000000134. The van der Waals surface area contributed by atoms with Gasteiger partial charge >= 0.3 is 0 Å². The molecule has 16 bridgehead atoms. The molecule has 6 N–H and O–H groups in total. The minimum absolute atomic E-state index is 0. The maximum Gasteiger partial charge on any atom is 0.0269 e. The van der Waals surface area contributed by atoms with Gasteiger partial charge in [-0.15, -0.1) is 24.8 Å². The Morgan fingerprint density at radius 3 is 0.714 bits per heavy atom. The fourth-order valence-corrected chi connectivity index (χ4v) is 17.7. The van der Waals surface area contributed by atoms with E-state index in [0.29, 0.717) is 0 Å². The van der Waals surface area contributed by atoms with Crippen LogP contribution in [0.5, 0.6) is 0 Å². The highest BCUT2D eigenvalue weighted by atomic mass is 35.5. The molecule has 7 heteroatoms. The number of hydrogen-bond acceptors (Lipinski definition) is 4. The van der Waals surface area contributed by atoms with Crippen molar-refractivity contribution in [3.05, 3.63) is 0 Å². The maximum absolute atomic E-state index is 3.87. The molecule has 16 fully saturated rings. The van der Waals surface area contributed by atoms with E-state index >= 15 is 0 Å². The van der Waals surface area contributed by atoms with Gasteiger partial charge in [0.1, 0.15) is 0 Å². The maximum atomic E-state index is 3.87. The summed E-state index contributed by atoms with van der Waals surface area (Å²) in [5.74, 6) is 19.1. The zero-order valence-electron chi connectivity index (χ0n) is 30.4. The van der Waals surface area contributed by atoms with Crippen molar-refractivity contribution in [2.75, 3.05) is 13.1 Å². The summed E-state index contributed by atoms with van der Waals surface area (Å²) >= 11 is 0. The van der Waals surface area contributed by atoms with E-state index in [1.165, 1.54) is 64.5 Å². The van der Waals surface area contributed by atoms with Crippen molar-refractivity contribution in [3.63, 3.8) is 0 Å². The van der Waals surface area contributed by atoms with E-state index < -0.39 is 0 Å². The Labute approximate surface area is 311 Å². The molecule has 280 valence electrons. The minimum Gasteiger partial charge on any atom is -0.412 e. The van der Waals surface area contributed by atoms with Gasteiger partial charge in [-0.3, -0.25) is 21.7 Å². The normalized spacial score (nSPS) is 55.3. The van der Waals surface area contributed by atoms with Crippen molar-refractivity contribution in [2.45, 2.75) is 141 Å². The highest BCUT2D eigenvalue weighted by molar-refractivity contribution is 5.85. The molecule has 0 aromatic heterocycles. The Hall–Kier alpha value is 0.380. The number of hydrogen-bond donors (Lipinski definition) is 4. The van der Waals surface area contributed by atoms with E-state index in [-0.39, 0.29) is 30.3 Å². The van der Waals surface area contributed by atoms with Crippen molar-refractivity contribution in [1.82, 2.24) is 21.7 Å². The number of halogens is 2. The summed E-state index contributed by atoms with van der Waals surface area (Å²) in [4.78, 5) is 0. The quantitative estimate of drug-likeness (QED) is 0.192. The van der Waals surface area contributed by atoms with Crippen LogP contribution < -0.4 is 21.7 Å². The van der Waals surface area contributed by atoms with E-state index in [4.69, 9.17) is 0 Å². The van der Waals surface area contributed by atoms with Crippen molar-refractivity contribution in [2.24, 2.45) is 107 Å².